The van der Waals surface area contributed by atoms with Crippen LogP contribution in [0.4, 0.5) is 0 Å². The van der Waals surface area contributed by atoms with Crippen LogP contribution in [0, 0.1) is 0 Å². The van der Waals surface area contributed by atoms with Crippen molar-refractivity contribution in [3.05, 3.63) is 57.2 Å². The fourth-order valence-corrected chi connectivity index (χ4v) is 2.87. The number of rotatable bonds is 6. The molecule has 0 aliphatic carbocycles. The smallest absolute Gasteiger partial charge is 0.0973 e. The molecule has 0 radical (unpaired) electrons. The van der Waals surface area contributed by atoms with Crippen molar-refractivity contribution < 1.29 is 4.74 Å². The van der Waals surface area contributed by atoms with E-state index in [1.165, 1.54) is 4.88 Å². The summed E-state index contributed by atoms with van der Waals surface area (Å²) in [6.45, 7) is 2.62. The number of hydrogen-bond acceptors (Lipinski definition) is 3. The number of benzene rings is 1. The summed E-state index contributed by atoms with van der Waals surface area (Å²) in [4.78, 5) is 1.33. The van der Waals surface area contributed by atoms with Gasteiger partial charge in [0.1, 0.15) is 0 Å². The monoisotopic (exact) mass is 295 g/mol. The van der Waals surface area contributed by atoms with Crippen LogP contribution in [0.25, 0.3) is 0 Å². The maximum atomic E-state index is 6.01. The van der Waals surface area contributed by atoms with Gasteiger partial charge in [-0.15, -0.1) is 11.3 Å². The molecular formula is C15H18ClNOS. The second-order valence-corrected chi connectivity index (χ2v) is 6.00. The zero-order valence-corrected chi connectivity index (χ0v) is 12.5. The molecule has 2 atom stereocenters. The van der Waals surface area contributed by atoms with E-state index in [-0.39, 0.29) is 12.1 Å². The fourth-order valence-electron chi connectivity index (χ4n) is 1.98. The largest absolute Gasteiger partial charge is 0.372 e. The molecule has 2 aromatic rings. The second-order valence-electron chi connectivity index (χ2n) is 4.53. The molecule has 2 unspecified atom stereocenters. The van der Waals surface area contributed by atoms with Crippen molar-refractivity contribution in [1.82, 2.24) is 0 Å². The van der Waals surface area contributed by atoms with Crippen LogP contribution in [0.5, 0.6) is 0 Å². The van der Waals surface area contributed by atoms with Gasteiger partial charge in [-0.25, -0.2) is 0 Å². The van der Waals surface area contributed by atoms with Crippen molar-refractivity contribution in [2.75, 3.05) is 6.61 Å². The average molecular weight is 296 g/mol. The predicted molar refractivity (Wildman–Crippen MR) is 81.8 cm³/mol. The molecule has 0 spiro atoms. The highest BCUT2D eigenvalue weighted by atomic mass is 35.5. The lowest BCUT2D eigenvalue weighted by Crippen LogP contribution is -2.27. The van der Waals surface area contributed by atoms with Gasteiger partial charge in [-0.1, -0.05) is 29.8 Å². The molecule has 19 heavy (non-hydrogen) atoms. The van der Waals surface area contributed by atoms with E-state index >= 15 is 0 Å². The number of thiophene rings is 1. The molecule has 0 bridgehead atoms. The highest BCUT2D eigenvalue weighted by Crippen LogP contribution is 2.23. The topological polar surface area (TPSA) is 35.2 Å². The van der Waals surface area contributed by atoms with E-state index in [1.807, 2.05) is 31.2 Å². The first-order chi connectivity index (χ1) is 9.16. The van der Waals surface area contributed by atoms with E-state index in [4.69, 9.17) is 22.1 Å². The molecule has 2 nitrogen and oxygen atoms in total. The molecule has 0 saturated heterocycles. The Kier molecular flexibility index (Phi) is 5.40. The van der Waals surface area contributed by atoms with Gasteiger partial charge in [-0.05, 0) is 36.1 Å². The first-order valence-corrected chi connectivity index (χ1v) is 7.57. The molecule has 0 aliphatic rings. The standard InChI is InChI=1S/C15H18ClNOS/c1-11(17)15(12-4-2-5-13(16)10-12)18-8-7-14-6-3-9-19-14/h2-6,9-11,15H,7-8,17H2,1H3. The Morgan fingerprint density at radius 2 is 2.16 bits per heavy atom. The number of ether oxygens (including phenoxy) is 1. The summed E-state index contributed by atoms with van der Waals surface area (Å²) >= 11 is 7.76. The molecule has 0 amide bonds. The summed E-state index contributed by atoms with van der Waals surface area (Å²) in [5, 5.41) is 2.79. The second kappa shape index (κ2) is 7.06. The van der Waals surface area contributed by atoms with Crippen molar-refractivity contribution >= 4 is 22.9 Å². The van der Waals surface area contributed by atoms with Crippen molar-refractivity contribution in [3.8, 4) is 0 Å². The van der Waals surface area contributed by atoms with Crippen LogP contribution in [-0.2, 0) is 11.2 Å². The Hall–Kier alpha value is -0.870. The Morgan fingerprint density at radius 3 is 2.79 bits per heavy atom. The van der Waals surface area contributed by atoms with Crippen LogP contribution >= 0.6 is 22.9 Å². The van der Waals surface area contributed by atoms with Gasteiger partial charge in [-0.3, -0.25) is 0 Å². The molecule has 2 N–H and O–H groups in total. The van der Waals surface area contributed by atoms with E-state index in [9.17, 15) is 0 Å². The number of halogens is 1. The summed E-state index contributed by atoms with van der Waals surface area (Å²) in [6, 6.07) is 11.8. The quantitative estimate of drug-likeness (QED) is 0.872. The van der Waals surface area contributed by atoms with Crippen LogP contribution in [0.3, 0.4) is 0 Å². The summed E-state index contributed by atoms with van der Waals surface area (Å²) in [7, 11) is 0. The third-order valence-electron chi connectivity index (χ3n) is 2.88. The maximum Gasteiger partial charge on any atom is 0.0973 e. The minimum atomic E-state index is -0.112. The van der Waals surface area contributed by atoms with E-state index in [0.717, 1.165) is 12.0 Å². The van der Waals surface area contributed by atoms with Crippen LogP contribution in [0.15, 0.2) is 41.8 Å². The van der Waals surface area contributed by atoms with Crippen LogP contribution in [0.2, 0.25) is 5.02 Å². The van der Waals surface area contributed by atoms with Gasteiger partial charge in [-0.2, -0.15) is 0 Å². The minimum absolute atomic E-state index is 0.0678. The summed E-state index contributed by atoms with van der Waals surface area (Å²) < 4.78 is 5.94. The lowest BCUT2D eigenvalue weighted by atomic mass is 10.0. The van der Waals surface area contributed by atoms with Gasteiger partial charge in [0.2, 0.25) is 0 Å². The molecule has 1 heterocycles. The van der Waals surface area contributed by atoms with Crippen molar-refractivity contribution in [3.63, 3.8) is 0 Å². The Balaban J connectivity index is 1.96. The van der Waals surface area contributed by atoms with Gasteiger partial charge in [0, 0.05) is 22.4 Å². The number of hydrogen-bond donors (Lipinski definition) is 1. The molecule has 102 valence electrons. The molecule has 0 fully saturated rings. The SMILES string of the molecule is CC(N)C(OCCc1cccs1)c1cccc(Cl)c1. The Bertz CT molecular complexity index is 499. The highest BCUT2D eigenvalue weighted by molar-refractivity contribution is 7.09. The third-order valence-corrected chi connectivity index (χ3v) is 4.05. The van der Waals surface area contributed by atoms with Crippen LogP contribution < -0.4 is 5.73 Å². The Morgan fingerprint density at radius 1 is 1.32 bits per heavy atom. The van der Waals surface area contributed by atoms with Crippen LogP contribution in [-0.4, -0.2) is 12.6 Å². The van der Waals surface area contributed by atoms with Gasteiger partial charge >= 0.3 is 0 Å². The third kappa shape index (κ3) is 4.32. The zero-order chi connectivity index (χ0) is 13.7. The van der Waals surface area contributed by atoms with E-state index in [1.54, 1.807) is 11.3 Å². The Labute approximate surface area is 123 Å². The average Bonchev–Trinajstić information content (AvgIpc) is 2.87. The lowest BCUT2D eigenvalue weighted by Gasteiger charge is -2.22. The number of nitrogens with two attached hydrogens (primary N) is 1. The summed E-state index contributed by atoms with van der Waals surface area (Å²) in [5.74, 6) is 0. The molecular weight excluding hydrogens is 278 g/mol. The van der Waals surface area contributed by atoms with Gasteiger partial charge in [0.25, 0.3) is 0 Å². The minimum Gasteiger partial charge on any atom is -0.372 e. The van der Waals surface area contributed by atoms with Crippen molar-refractivity contribution in [2.45, 2.75) is 25.5 Å². The summed E-state index contributed by atoms with van der Waals surface area (Å²) in [6.07, 6.45) is 0.806. The predicted octanol–water partition coefficient (Wildman–Crippen LogP) is 4.05. The summed E-state index contributed by atoms with van der Waals surface area (Å²) in [5.41, 5.74) is 7.05. The molecule has 4 heteroatoms. The van der Waals surface area contributed by atoms with Gasteiger partial charge in [0.15, 0.2) is 0 Å². The zero-order valence-electron chi connectivity index (χ0n) is 10.9. The van der Waals surface area contributed by atoms with Gasteiger partial charge in [0.05, 0.1) is 12.7 Å². The van der Waals surface area contributed by atoms with Crippen LogP contribution in [0.1, 0.15) is 23.5 Å². The molecule has 0 saturated carbocycles. The first kappa shape index (κ1) is 14.5. The van der Waals surface area contributed by atoms with Crippen molar-refractivity contribution in [2.24, 2.45) is 5.73 Å². The molecule has 1 aromatic carbocycles. The first-order valence-electron chi connectivity index (χ1n) is 6.32. The van der Waals surface area contributed by atoms with E-state index in [2.05, 4.69) is 17.5 Å². The fraction of sp³-hybridized carbons (Fsp3) is 0.333. The molecule has 1 aromatic heterocycles. The maximum absolute atomic E-state index is 6.01. The lowest BCUT2D eigenvalue weighted by molar-refractivity contribution is 0.0406. The van der Waals surface area contributed by atoms with Gasteiger partial charge < -0.3 is 10.5 Å². The van der Waals surface area contributed by atoms with Crippen molar-refractivity contribution in [1.29, 1.82) is 0 Å². The van der Waals surface area contributed by atoms with E-state index < -0.39 is 0 Å². The highest BCUT2D eigenvalue weighted by Gasteiger charge is 2.17. The normalized spacial score (nSPS) is 14.3. The molecule has 0 aliphatic heterocycles. The molecule has 2 rings (SSSR count). The van der Waals surface area contributed by atoms with E-state index in [0.29, 0.717) is 11.6 Å².